The number of carbonyl (C=O) groups excluding carboxylic acids is 3. The number of aromatic amines is 1. The van der Waals surface area contributed by atoms with Gasteiger partial charge in [-0.3, -0.25) is 9.59 Å². The molecule has 9 heteroatoms. The van der Waals surface area contributed by atoms with Gasteiger partial charge in [0.15, 0.2) is 0 Å². The highest BCUT2D eigenvalue weighted by Crippen LogP contribution is 2.47. The molecule has 2 aliphatic heterocycles. The van der Waals surface area contributed by atoms with Crippen LogP contribution in [-0.4, -0.2) is 66.8 Å². The van der Waals surface area contributed by atoms with Crippen LogP contribution in [0.5, 0.6) is 5.75 Å². The number of aromatic nitrogens is 1. The Hall–Kier alpha value is -3.38. The van der Waals surface area contributed by atoms with Crippen LogP contribution in [0, 0.1) is 22.2 Å². The summed E-state index contributed by atoms with van der Waals surface area (Å²) < 4.78 is 5.46. The van der Waals surface area contributed by atoms with E-state index in [-0.39, 0.29) is 23.7 Å². The molecule has 1 aromatic carbocycles. The molecule has 3 atom stereocenters. The number of ether oxygens (including phenoxy) is 1. The lowest BCUT2D eigenvalue weighted by Crippen LogP contribution is -2.51. The number of carbonyl (C=O) groups is 3. The first kappa shape index (κ1) is 26.2. The molecule has 0 radical (unpaired) electrons. The predicted molar refractivity (Wildman–Crippen MR) is 143 cm³/mol. The van der Waals surface area contributed by atoms with Gasteiger partial charge >= 0.3 is 0 Å². The zero-order chi connectivity index (χ0) is 26.8. The molecule has 1 aliphatic carbocycles. The summed E-state index contributed by atoms with van der Waals surface area (Å²) in [6.07, 6.45) is 8.67. The lowest BCUT2D eigenvalue weighted by atomic mass is 9.72. The first-order valence-corrected chi connectivity index (χ1v) is 13.8. The van der Waals surface area contributed by atoms with Crippen molar-refractivity contribution in [3.05, 3.63) is 30.0 Å². The third-order valence-corrected chi connectivity index (χ3v) is 8.90. The fourth-order valence-corrected chi connectivity index (χ4v) is 6.86. The van der Waals surface area contributed by atoms with Crippen molar-refractivity contribution < 1.29 is 19.1 Å². The summed E-state index contributed by atoms with van der Waals surface area (Å²) in [5.74, 6) is 0.140. The van der Waals surface area contributed by atoms with Crippen LogP contribution in [-0.2, 0) is 9.59 Å². The van der Waals surface area contributed by atoms with Crippen molar-refractivity contribution >= 4 is 29.0 Å². The molecule has 2 saturated heterocycles. The van der Waals surface area contributed by atoms with Crippen LogP contribution < -0.4 is 15.4 Å². The molecule has 5 rings (SSSR count). The second-order valence-electron chi connectivity index (χ2n) is 11.5. The number of amides is 2. The van der Waals surface area contributed by atoms with Gasteiger partial charge in [-0.05, 0) is 68.7 Å². The van der Waals surface area contributed by atoms with E-state index in [2.05, 4.69) is 21.7 Å². The molecule has 1 aromatic heterocycles. The van der Waals surface area contributed by atoms with Gasteiger partial charge in [-0.15, -0.1) is 0 Å². The van der Waals surface area contributed by atoms with Gasteiger partial charge in [0.05, 0.1) is 13.2 Å². The smallest absolute Gasteiger partial charge is 0.271 e. The number of piperidine rings is 1. The van der Waals surface area contributed by atoms with E-state index in [1.807, 2.05) is 18.2 Å². The summed E-state index contributed by atoms with van der Waals surface area (Å²) >= 11 is 0. The monoisotopic (exact) mass is 519 g/mol. The highest BCUT2D eigenvalue weighted by atomic mass is 16.5. The molecule has 1 unspecified atom stereocenters. The van der Waals surface area contributed by atoms with Crippen molar-refractivity contribution in [2.75, 3.05) is 26.7 Å². The molecule has 3 N–H and O–H groups in total. The predicted octanol–water partition coefficient (Wildman–Crippen LogP) is 3.31. The maximum Gasteiger partial charge on any atom is 0.271 e. The number of H-pyrrole nitrogens is 1. The molecule has 202 valence electrons. The van der Waals surface area contributed by atoms with Gasteiger partial charge in [-0.1, -0.05) is 25.3 Å². The molecular weight excluding hydrogens is 482 g/mol. The van der Waals surface area contributed by atoms with Crippen LogP contribution in [0.3, 0.4) is 0 Å². The van der Waals surface area contributed by atoms with Crippen molar-refractivity contribution in [1.29, 1.82) is 5.26 Å². The van der Waals surface area contributed by atoms with Gasteiger partial charge in [-0.2, -0.15) is 5.26 Å². The molecular formula is C29H37N5O4. The molecule has 3 aliphatic rings. The number of hydrogen-bond donors (Lipinski definition) is 3. The first-order valence-electron chi connectivity index (χ1n) is 13.8. The quantitative estimate of drug-likeness (QED) is 0.482. The average Bonchev–Trinajstić information content (AvgIpc) is 3.55. The number of aldehydes is 1. The Morgan fingerprint density at radius 1 is 1.26 bits per heavy atom. The minimum atomic E-state index is -0.801. The zero-order valence-corrected chi connectivity index (χ0v) is 22.1. The van der Waals surface area contributed by atoms with E-state index in [0.29, 0.717) is 37.4 Å². The van der Waals surface area contributed by atoms with Gasteiger partial charge < -0.3 is 30.0 Å². The number of likely N-dealkylation sites (tertiary alicyclic amines) is 1. The lowest BCUT2D eigenvalue weighted by molar-refractivity contribution is -0.126. The highest BCUT2D eigenvalue weighted by molar-refractivity contribution is 6.01. The van der Waals surface area contributed by atoms with E-state index in [0.717, 1.165) is 55.8 Å². The number of methoxy groups -OCH3 is 1. The second-order valence-corrected chi connectivity index (χ2v) is 11.5. The SMILES string of the molecule is COc1cccc2[nH]c(C(=O)N3CC4(CCCCC4)CC3C(=O)N[C@H](C#N)C[C@]3(C=O)CCCNC3)cc12. The van der Waals surface area contributed by atoms with Crippen molar-refractivity contribution in [2.45, 2.75) is 69.9 Å². The Balaban J connectivity index is 1.39. The minimum absolute atomic E-state index is 0.0843. The van der Waals surface area contributed by atoms with Crippen molar-refractivity contribution in [3.63, 3.8) is 0 Å². The van der Waals surface area contributed by atoms with E-state index < -0.39 is 17.5 Å². The molecule has 38 heavy (non-hydrogen) atoms. The first-order chi connectivity index (χ1) is 18.4. The molecule has 2 aromatic rings. The Kier molecular flexibility index (Phi) is 7.44. The Morgan fingerprint density at radius 2 is 2.08 bits per heavy atom. The molecule has 1 spiro atoms. The topological polar surface area (TPSA) is 127 Å². The van der Waals surface area contributed by atoms with Gasteiger partial charge in [0.2, 0.25) is 5.91 Å². The van der Waals surface area contributed by atoms with E-state index >= 15 is 0 Å². The number of benzene rings is 1. The number of fused-ring (bicyclic) bond motifs is 1. The normalized spacial score (nSPS) is 25.6. The van der Waals surface area contributed by atoms with E-state index in [4.69, 9.17) is 4.74 Å². The Bertz CT molecular complexity index is 1240. The Morgan fingerprint density at radius 3 is 2.76 bits per heavy atom. The van der Waals surface area contributed by atoms with E-state index in [1.165, 1.54) is 6.42 Å². The van der Waals surface area contributed by atoms with Crippen LogP contribution >= 0.6 is 0 Å². The van der Waals surface area contributed by atoms with Crippen LogP contribution in [0.15, 0.2) is 24.3 Å². The summed E-state index contributed by atoms with van der Waals surface area (Å²) in [7, 11) is 1.60. The summed E-state index contributed by atoms with van der Waals surface area (Å²) in [5, 5.41) is 16.9. The number of hydrogen-bond acceptors (Lipinski definition) is 6. The van der Waals surface area contributed by atoms with Gasteiger partial charge in [0.25, 0.3) is 5.91 Å². The molecule has 0 bridgehead atoms. The Labute approximate surface area is 223 Å². The second kappa shape index (κ2) is 10.8. The van der Waals surface area contributed by atoms with Gasteiger partial charge in [0, 0.05) is 29.4 Å². The maximum atomic E-state index is 13.9. The van der Waals surface area contributed by atoms with Crippen molar-refractivity contribution in [1.82, 2.24) is 20.5 Å². The highest BCUT2D eigenvalue weighted by Gasteiger charge is 2.49. The third-order valence-electron chi connectivity index (χ3n) is 8.90. The zero-order valence-electron chi connectivity index (χ0n) is 22.1. The molecule has 9 nitrogen and oxygen atoms in total. The molecule has 2 amide bonds. The lowest BCUT2D eigenvalue weighted by Gasteiger charge is -2.34. The molecule has 3 heterocycles. The number of nitrogens with zero attached hydrogens (tertiary/aromatic N) is 2. The fraction of sp³-hybridized carbons (Fsp3) is 0.586. The maximum absolute atomic E-state index is 13.9. The largest absolute Gasteiger partial charge is 0.496 e. The van der Waals surface area contributed by atoms with Crippen LogP contribution in [0.4, 0.5) is 0 Å². The number of rotatable bonds is 7. The van der Waals surface area contributed by atoms with Crippen LogP contribution in [0.1, 0.15) is 68.3 Å². The summed E-state index contributed by atoms with van der Waals surface area (Å²) in [6, 6.07) is 8.13. The fourth-order valence-electron chi connectivity index (χ4n) is 6.86. The van der Waals surface area contributed by atoms with Crippen LogP contribution in [0.2, 0.25) is 0 Å². The third kappa shape index (κ3) is 5.02. The molecule has 1 saturated carbocycles. The van der Waals surface area contributed by atoms with Crippen LogP contribution in [0.25, 0.3) is 10.9 Å². The van der Waals surface area contributed by atoms with Crippen molar-refractivity contribution in [3.8, 4) is 11.8 Å². The van der Waals surface area contributed by atoms with Gasteiger partial charge in [0.1, 0.15) is 29.8 Å². The summed E-state index contributed by atoms with van der Waals surface area (Å²) in [6.45, 7) is 1.88. The van der Waals surface area contributed by atoms with Crippen molar-refractivity contribution in [2.24, 2.45) is 10.8 Å². The van der Waals surface area contributed by atoms with E-state index in [1.54, 1.807) is 18.1 Å². The van der Waals surface area contributed by atoms with E-state index in [9.17, 15) is 19.6 Å². The number of nitriles is 1. The average molecular weight is 520 g/mol. The summed E-state index contributed by atoms with van der Waals surface area (Å²) in [4.78, 5) is 44.5. The number of nitrogens with one attached hydrogen (secondary N) is 3. The minimum Gasteiger partial charge on any atom is -0.496 e. The standard InChI is InChI=1S/C29H37N5O4/c1-38-25-8-5-7-22-21(25)13-23(33-22)27(37)34-18-28(9-3-2-4-10-28)15-24(34)26(36)32-20(16-30)14-29(19-35)11-6-12-31-17-29/h5,7-8,13,19-20,24,31,33H,2-4,6,9-12,14-15,17-18H2,1H3,(H,32,36)/t20-,24?,29+/m0/s1. The molecule has 3 fully saturated rings. The summed E-state index contributed by atoms with van der Waals surface area (Å²) in [5.41, 5.74) is 0.467. The van der Waals surface area contributed by atoms with Gasteiger partial charge in [-0.25, -0.2) is 0 Å².